The summed E-state index contributed by atoms with van der Waals surface area (Å²) in [7, 11) is 0. The molecule has 1 heterocycles. The van der Waals surface area contributed by atoms with E-state index in [1.165, 1.54) is 173 Å². The van der Waals surface area contributed by atoms with Crippen LogP contribution in [0.3, 0.4) is 0 Å². The van der Waals surface area contributed by atoms with Crippen LogP contribution in [0.4, 0.5) is 34.1 Å². The predicted molar refractivity (Wildman–Crippen MR) is 383 cm³/mol. The van der Waals surface area contributed by atoms with Gasteiger partial charge in [0.2, 0.25) is 0 Å². The van der Waals surface area contributed by atoms with Crippen molar-refractivity contribution in [1.29, 1.82) is 0 Å². The Labute approximate surface area is 530 Å². The van der Waals surface area contributed by atoms with Gasteiger partial charge in [-0.15, -0.1) is 0 Å². The van der Waals surface area contributed by atoms with Crippen molar-refractivity contribution < 1.29 is 0 Å². The van der Waals surface area contributed by atoms with Gasteiger partial charge in [0.05, 0.1) is 11.0 Å². The zero-order chi connectivity index (χ0) is 60.7. The van der Waals surface area contributed by atoms with Gasteiger partial charge in [0.1, 0.15) is 0 Å². The first-order valence-electron chi connectivity index (χ1n) is 33.3. The van der Waals surface area contributed by atoms with E-state index in [-0.39, 0.29) is 5.41 Å². The van der Waals surface area contributed by atoms with Crippen LogP contribution < -0.4 is 9.80 Å². The third kappa shape index (κ3) is 12.1. The maximum atomic E-state index is 2.61. The molecule has 3 heteroatoms. The van der Waals surface area contributed by atoms with Crippen molar-refractivity contribution in [2.75, 3.05) is 9.80 Å². The smallest absolute Gasteiger partial charge is 0.0547 e. The largest absolute Gasteiger partial charge is 0.311 e. The minimum atomic E-state index is 0.0331. The molecule has 0 atom stereocenters. The first-order valence-corrected chi connectivity index (χ1v) is 33.3. The summed E-state index contributed by atoms with van der Waals surface area (Å²) < 4.78 is 2.43. The lowest BCUT2D eigenvalue weighted by molar-refractivity contribution is 0.397. The fraction of sp³-hybridized carbons (Fsp3) is 0.233. The lowest BCUT2D eigenvalue weighted by atomic mass is 9.70. The standard InChI is InChI=1S/C86H85N3/c1-6-8-10-12-14-24-56-86(57-25-15-13-11-9-7-2)82-59-64(5)63(4)58-81(82)78-54-42-69(60-83(78)86)67-38-48-75(49-39-67)88(73-44-32-62(3)33-45-73)76-50-40-68(41-51-76)70-43-55-80-79-30-22-23-31-84(79)89(85(80)61-70)77-52-36-66(37-53-77)65-34-46-74(47-35-65)87(71-26-18-16-19-27-71)72-28-20-17-21-29-72/h16-23,26-55,58-61H,6-15,24-25,56-57H2,1-5H3. The quantitative estimate of drug-likeness (QED) is 0.0559. The highest BCUT2D eigenvalue weighted by Crippen LogP contribution is 2.56. The number of aromatic nitrogens is 1. The van der Waals surface area contributed by atoms with Crippen LogP contribution in [0.25, 0.3) is 72.0 Å². The fourth-order valence-electron chi connectivity index (χ4n) is 14.4. The van der Waals surface area contributed by atoms with Crippen LogP contribution in [0.2, 0.25) is 0 Å². The Hall–Kier alpha value is -9.18. The normalized spacial score (nSPS) is 12.4. The van der Waals surface area contributed by atoms with Crippen LogP contribution in [0.15, 0.2) is 255 Å². The lowest BCUT2D eigenvalue weighted by Gasteiger charge is -2.33. The van der Waals surface area contributed by atoms with Crippen molar-refractivity contribution in [1.82, 2.24) is 4.57 Å². The van der Waals surface area contributed by atoms with Crippen molar-refractivity contribution in [3.63, 3.8) is 0 Å². The van der Waals surface area contributed by atoms with Crippen LogP contribution in [0, 0.1) is 20.8 Å². The molecule has 0 aliphatic heterocycles. The van der Waals surface area contributed by atoms with Gasteiger partial charge in [0.15, 0.2) is 0 Å². The topological polar surface area (TPSA) is 11.4 Å². The number of anilines is 6. The number of aryl methyl sites for hydroxylation is 3. The summed E-state index contributed by atoms with van der Waals surface area (Å²) in [5, 5.41) is 2.49. The van der Waals surface area contributed by atoms with E-state index in [2.05, 4.69) is 304 Å². The van der Waals surface area contributed by atoms with E-state index in [0.29, 0.717) is 0 Å². The molecule has 0 unspecified atom stereocenters. The summed E-state index contributed by atoms with van der Waals surface area (Å²) >= 11 is 0. The molecule has 0 radical (unpaired) electrons. The summed E-state index contributed by atoms with van der Waals surface area (Å²) in [4.78, 5) is 4.72. The first kappa shape index (κ1) is 58.8. The van der Waals surface area contributed by atoms with Gasteiger partial charge in [-0.3, -0.25) is 0 Å². The minimum absolute atomic E-state index is 0.0331. The number of nitrogens with zero attached hydrogens (tertiary/aromatic N) is 3. The molecule has 0 bridgehead atoms. The van der Waals surface area contributed by atoms with Crippen LogP contribution in [0.1, 0.15) is 132 Å². The number of benzene rings is 11. The number of rotatable bonds is 24. The molecule has 444 valence electrons. The first-order chi connectivity index (χ1) is 43.8. The van der Waals surface area contributed by atoms with E-state index in [0.717, 1.165) is 39.8 Å². The van der Waals surface area contributed by atoms with Gasteiger partial charge < -0.3 is 14.4 Å². The molecule has 0 saturated carbocycles. The van der Waals surface area contributed by atoms with E-state index < -0.39 is 0 Å². The second kappa shape index (κ2) is 26.7. The summed E-state index contributed by atoms with van der Waals surface area (Å²) in [5.74, 6) is 0. The fourth-order valence-corrected chi connectivity index (χ4v) is 14.4. The van der Waals surface area contributed by atoms with Crippen molar-refractivity contribution in [3.05, 3.63) is 283 Å². The molecule has 1 aromatic heterocycles. The zero-order valence-electron chi connectivity index (χ0n) is 53.0. The Morgan fingerprint density at radius 2 is 0.697 bits per heavy atom. The Bertz CT molecular complexity index is 4270. The molecule has 0 fully saturated rings. The Kier molecular flexibility index (Phi) is 17.6. The maximum Gasteiger partial charge on any atom is 0.0547 e. The van der Waals surface area contributed by atoms with Gasteiger partial charge in [0.25, 0.3) is 0 Å². The molecular formula is C86H85N3. The van der Waals surface area contributed by atoms with Crippen molar-refractivity contribution in [2.45, 2.75) is 130 Å². The number of unbranched alkanes of at least 4 members (excludes halogenated alkanes) is 10. The highest BCUT2D eigenvalue weighted by Gasteiger charge is 2.43. The van der Waals surface area contributed by atoms with Crippen molar-refractivity contribution in [3.8, 4) is 50.2 Å². The van der Waals surface area contributed by atoms with Crippen LogP contribution >= 0.6 is 0 Å². The van der Waals surface area contributed by atoms with E-state index in [9.17, 15) is 0 Å². The lowest BCUT2D eigenvalue weighted by Crippen LogP contribution is -2.26. The SMILES string of the molecule is CCCCCCCCC1(CCCCCCCC)c2cc(-c3ccc(N(c4ccc(C)cc4)c4ccc(-c5ccc6c7ccccc7n(-c7ccc(-c8ccc(N(c9ccccc9)c9ccccc9)cc8)cc7)c6c5)cc4)cc3)ccc2-c2cc(C)c(C)cc21. The Morgan fingerprint density at radius 3 is 1.24 bits per heavy atom. The molecule has 1 aliphatic rings. The average Bonchev–Trinajstić information content (AvgIpc) is 1.62. The van der Waals surface area contributed by atoms with Gasteiger partial charge in [0, 0.05) is 56.0 Å². The van der Waals surface area contributed by atoms with Gasteiger partial charge in [-0.05, 0) is 204 Å². The molecular weight excluding hydrogens is 1070 g/mol. The molecule has 12 aromatic rings. The van der Waals surface area contributed by atoms with Gasteiger partial charge >= 0.3 is 0 Å². The predicted octanol–water partition coefficient (Wildman–Crippen LogP) is 25.4. The Balaban J connectivity index is 0.789. The van der Waals surface area contributed by atoms with Crippen LogP contribution in [0.5, 0.6) is 0 Å². The molecule has 0 spiro atoms. The Morgan fingerprint density at radius 1 is 0.303 bits per heavy atom. The second-order valence-electron chi connectivity index (χ2n) is 25.3. The number of hydrogen-bond acceptors (Lipinski definition) is 2. The number of para-hydroxylation sites is 3. The zero-order valence-corrected chi connectivity index (χ0v) is 53.0. The molecule has 13 rings (SSSR count). The molecule has 89 heavy (non-hydrogen) atoms. The average molecular weight is 1160 g/mol. The number of hydrogen-bond donors (Lipinski definition) is 0. The molecule has 0 amide bonds. The summed E-state index contributed by atoms with van der Waals surface area (Å²) in [6.45, 7) is 11.5. The number of fused-ring (bicyclic) bond motifs is 6. The third-order valence-electron chi connectivity index (χ3n) is 19.4. The van der Waals surface area contributed by atoms with E-state index in [4.69, 9.17) is 0 Å². The summed E-state index contributed by atoms with van der Waals surface area (Å²) in [6.07, 6.45) is 18.3. The minimum Gasteiger partial charge on any atom is -0.311 e. The monoisotopic (exact) mass is 1160 g/mol. The molecule has 1 aliphatic carbocycles. The van der Waals surface area contributed by atoms with Crippen molar-refractivity contribution >= 4 is 55.9 Å². The molecule has 11 aromatic carbocycles. The van der Waals surface area contributed by atoms with Gasteiger partial charge in [-0.25, -0.2) is 0 Å². The maximum absolute atomic E-state index is 2.61. The van der Waals surface area contributed by atoms with Crippen LogP contribution in [-0.4, -0.2) is 4.57 Å². The van der Waals surface area contributed by atoms with Gasteiger partial charge in [-0.1, -0.05) is 248 Å². The van der Waals surface area contributed by atoms with E-state index in [1.54, 1.807) is 11.1 Å². The highest BCUT2D eigenvalue weighted by molar-refractivity contribution is 6.10. The highest BCUT2D eigenvalue weighted by atomic mass is 15.1. The van der Waals surface area contributed by atoms with Gasteiger partial charge in [-0.2, -0.15) is 0 Å². The van der Waals surface area contributed by atoms with E-state index >= 15 is 0 Å². The van der Waals surface area contributed by atoms with E-state index in [1.807, 2.05) is 0 Å². The summed E-state index contributed by atoms with van der Waals surface area (Å²) in [5.41, 5.74) is 27.7. The third-order valence-corrected chi connectivity index (χ3v) is 19.4. The van der Waals surface area contributed by atoms with Crippen LogP contribution in [-0.2, 0) is 5.41 Å². The van der Waals surface area contributed by atoms with Crippen molar-refractivity contribution in [2.24, 2.45) is 0 Å². The molecule has 3 nitrogen and oxygen atoms in total. The molecule has 0 N–H and O–H groups in total. The second-order valence-corrected chi connectivity index (χ2v) is 25.3. The molecule has 0 saturated heterocycles. The summed E-state index contributed by atoms with van der Waals surface area (Å²) in [6, 6.07) is 95.1.